The molecule has 3 atom stereocenters. The minimum absolute atomic E-state index is 0.233. The van der Waals surface area contributed by atoms with Crippen molar-refractivity contribution in [3.63, 3.8) is 0 Å². The average molecular weight is 263 g/mol. The number of carboxylic acid groups (broad SMARTS) is 1. The molecule has 7 N–H and O–H groups in total. The third kappa shape index (κ3) is 5.92. The maximum atomic E-state index is 11.6. The molecule has 0 aliphatic heterocycles. The lowest BCUT2D eigenvalue weighted by atomic mass is 10.1. The number of carboxylic acids is 1. The molecule has 8 nitrogen and oxygen atoms in total. The number of hydrogen-bond acceptors (Lipinski definition) is 6. The molecular weight excluding hydrogens is 242 g/mol. The highest BCUT2D eigenvalue weighted by molar-refractivity contribution is 5.86. The molecule has 0 aliphatic rings. The highest BCUT2D eigenvalue weighted by Crippen LogP contribution is 2.04. The Morgan fingerprint density at radius 1 is 1.44 bits per heavy atom. The Kier molecular flexibility index (Phi) is 8.21. The molecule has 0 aliphatic carbocycles. The lowest BCUT2D eigenvalue weighted by molar-refractivity contribution is -0.143. The number of nitrogens with one attached hydrogen (secondary N) is 1. The number of carbonyl (C=O) groups is 2. The van der Waals surface area contributed by atoms with Gasteiger partial charge in [-0.2, -0.15) is 0 Å². The molecule has 0 aromatic carbocycles. The molecule has 0 radical (unpaired) electrons. The van der Waals surface area contributed by atoms with E-state index < -0.39 is 30.6 Å². The zero-order valence-electron chi connectivity index (χ0n) is 10.3. The molecule has 8 heteroatoms. The van der Waals surface area contributed by atoms with Crippen molar-refractivity contribution < 1.29 is 24.5 Å². The number of aliphatic hydroxyl groups excluding tert-OH is 1. The van der Waals surface area contributed by atoms with E-state index in [9.17, 15) is 9.59 Å². The van der Waals surface area contributed by atoms with E-state index >= 15 is 0 Å². The minimum atomic E-state index is -1.35. The van der Waals surface area contributed by atoms with Crippen LogP contribution >= 0.6 is 0 Å². The Bertz CT molecular complexity index is 274. The highest BCUT2D eigenvalue weighted by Gasteiger charge is 2.24. The molecule has 1 unspecified atom stereocenters. The zero-order valence-corrected chi connectivity index (χ0v) is 10.3. The van der Waals surface area contributed by atoms with E-state index in [1.54, 1.807) is 0 Å². The fourth-order valence-corrected chi connectivity index (χ4v) is 1.37. The van der Waals surface area contributed by atoms with Crippen molar-refractivity contribution >= 4 is 11.9 Å². The molecule has 0 aromatic rings. The highest BCUT2D eigenvalue weighted by atomic mass is 16.5. The molecule has 0 aromatic heterocycles. The molecule has 0 rings (SSSR count). The first-order chi connectivity index (χ1) is 8.46. The normalized spacial score (nSPS) is 15.8. The second-order valence-electron chi connectivity index (χ2n) is 3.86. The fourth-order valence-electron chi connectivity index (χ4n) is 1.37. The minimum Gasteiger partial charge on any atom is -0.480 e. The number of carbonyl (C=O) groups excluding carboxylic acids is 1. The third-order valence-corrected chi connectivity index (χ3v) is 2.47. The van der Waals surface area contributed by atoms with Gasteiger partial charge in [-0.15, -0.1) is 0 Å². The second kappa shape index (κ2) is 8.81. The van der Waals surface area contributed by atoms with Gasteiger partial charge in [0.2, 0.25) is 5.91 Å². The SMILES string of the molecule is COC(CCN)C[C@H](N)C(=O)N[C@@H](CO)C(=O)O. The van der Waals surface area contributed by atoms with E-state index in [0.717, 1.165) is 0 Å². The van der Waals surface area contributed by atoms with Crippen molar-refractivity contribution in [3.05, 3.63) is 0 Å². The topological polar surface area (TPSA) is 148 Å². The van der Waals surface area contributed by atoms with Crippen molar-refractivity contribution in [2.24, 2.45) is 11.5 Å². The summed E-state index contributed by atoms with van der Waals surface area (Å²) in [6.45, 7) is -0.286. The van der Waals surface area contributed by atoms with Crippen LogP contribution in [0.2, 0.25) is 0 Å². The fraction of sp³-hybridized carbons (Fsp3) is 0.800. The van der Waals surface area contributed by atoms with E-state index in [-0.39, 0.29) is 12.5 Å². The van der Waals surface area contributed by atoms with Crippen LogP contribution in [0.15, 0.2) is 0 Å². The summed E-state index contributed by atoms with van der Waals surface area (Å²) < 4.78 is 5.08. The number of methoxy groups -OCH3 is 1. The number of rotatable bonds is 9. The summed E-state index contributed by atoms with van der Waals surface area (Å²) >= 11 is 0. The molecule has 0 heterocycles. The van der Waals surface area contributed by atoms with Crippen LogP contribution in [0.25, 0.3) is 0 Å². The number of aliphatic carboxylic acids is 1. The molecule has 0 saturated carbocycles. The van der Waals surface area contributed by atoms with Gasteiger partial charge >= 0.3 is 5.97 Å². The number of nitrogens with two attached hydrogens (primary N) is 2. The number of hydrogen-bond donors (Lipinski definition) is 5. The van der Waals surface area contributed by atoms with E-state index in [1.807, 2.05) is 0 Å². The standard InChI is InChI=1S/C10H21N3O5/c1-18-6(2-3-11)4-7(12)9(15)13-8(5-14)10(16)17/h6-8,14H,2-5,11-12H2,1H3,(H,13,15)(H,16,17)/t6?,7-,8-/m0/s1. The first-order valence-electron chi connectivity index (χ1n) is 5.58. The quantitative estimate of drug-likeness (QED) is 0.312. The molecule has 0 bridgehead atoms. The summed E-state index contributed by atoms with van der Waals surface area (Å²) in [6.07, 6.45) is 0.532. The Hall–Kier alpha value is -1.22. The van der Waals surface area contributed by atoms with Crippen LogP contribution in [0.5, 0.6) is 0 Å². The van der Waals surface area contributed by atoms with Crippen molar-refractivity contribution in [1.29, 1.82) is 0 Å². The zero-order chi connectivity index (χ0) is 14.1. The molecular formula is C10H21N3O5. The van der Waals surface area contributed by atoms with Crippen LogP contribution in [0, 0.1) is 0 Å². The summed E-state index contributed by atoms with van der Waals surface area (Å²) in [5.74, 6) is -1.96. The van der Waals surface area contributed by atoms with Crippen molar-refractivity contribution in [1.82, 2.24) is 5.32 Å². The molecule has 0 saturated heterocycles. The first kappa shape index (κ1) is 16.8. The van der Waals surface area contributed by atoms with Gasteiger partial charge in [0.15, 0.2) is 0 Å². The Labute approximate surface area is 105 Å². The maximum Gasteiger partial charge on any atom is 0.328 e. The molecule has 1 amide bonds. The Balaban J connectivity index is 4.28. The van der Waals surface area contributed by atoms with Crippen molar-refractivity contribution in [2.75, 3.05) is 20.3 Å². The lowest BCUT2D eigenvalue weighted by Crippen LogP contribution is -2.50. The van der Waals surface area contributed by atoms with Crippen LogP contribution < -0.4 is 16.8 Å². The lowest BCUT2D eigenvalue weighted by Gasteiger charge is -2.20. The maximum absolute atomic E-state index is 11.6. The summed E-state index contributed by atoms with van der Waals surface area (Å²) in [7, 11) is 1.48. The van der Waals surface area contributed by atoms with Gasteiger partial charge in [0.05, 0.1) is 18.8 Å². The van der Waals surface area contributed by atoms with Gasteiger partial charge in [0.25, 0.3) is 0 Å². The van der Waals surface area contributed by atoms with Gasteiger partial charge in [-0.3, -0.25) is 4.79 Å². The monoisotopic (exact) mass is 263 g/mol. The molecule has 0 spiro atoms. The largest absolute Gasteiger partial charge is 0.480 e. The van der Waals surface area contributed by atoms with Crippen LogP contribution in [0.3, 0.4) is 0 Å². The van der Waals surface area contributed by atoms with Gasteiger partial charge < -0.3 is 31.7 Å². The van der Waals surface area contributed by atoms with Crippen LogP contribution in [-0.2, 0) is 14.3 Å². The summed E-state index contributed by atoms with van der Waals surface area (Å²) in [5.41, 5.74) is 11.0. The van der Waals surface area contributed by atoms with Crippen LogP contribution in [-0.4, -0.2) is 60.5 Å². The van der Waals surface area contributed by atoms with Crippen molar-refractivity contribution in [2.45, 2.75) is 31.0 Å². The van der Waals surface area contributed by atoms with E-state index in [4.69, 9.17) is 26.4 Å². The molecule has 106 valence electrons. The Morgan fingerprint density at radius 3 is 2.44 bits per heavy atom. The molecule has 18 heavy (non-hydrogen) atoms. The molecule has 0 fully saturated rings. The van der Waals surface area contributed by atoms with E-state index in [1.165, 1.54) is 7.11 Å². The first-order valence-corrected chi connectivity index (χ1v) is 5.58. The Morgan fingerprint density at radius 2 is 2.06 bits per heavy atom. The average Bonchev–Trinajstić information content (AvgIpc) is 2.34. The van der Waals surface area contributed by atoms with Crippen molar-refractivity contribution in [3.8, 4) is 0 Å². The summed E-state index contributed by atoms with van der Waals surface area (Å²) in [6, 6.07) is -2.26. The van der Waals surface area contributed by atoms with Gasteiger partial charge in [-0.1, -0.05) is 0 Å². The van der Waals surface area contributed by atoms with Crippen LogP contribution in [0.4, 0.5) is 0 Å². The summed E-state index contributed by atoms with van der Waals surface area (Å²) in [5, 5.41) is 19.6. The van der Waals surface area contributed by atoms with Gasteiger partial charge in [0, 0.05) is 7.11 Å². The summed E-state index contributed by atoms with van der Waals surface area (Å²) in [4.78, 5) is 22.2. The van der Waals surface area contributed by atoms with Gasteiger partial charge in [-0.25, -0.2) is 4.79 Å². The van der Waals surface area contributed by atoms with E-state index in [2.05, 4.69) is 5.32 Å². The van der Waals surface area contributed by atoms with Gasteiger partial charge in [0.1, 0.15) is 6.04 Å². The second-order valence-corrected chi connectivity index (χ2v) is 3.86. The number of amides is 1. The van der Waals surface area contributed by atoms with Crippen LogP contribution in [0.1, 0.15) is 12.8 Å². The number of ether oxygens (including phenoxy) is 1. The predicted octanol–water partition coefficient (Wildman–Crippen LogP) is -2.37. The predicted molar refractivity (Wildman–Crippen MR) is 63.7 cm³/mol. The van der Waals surface area contributed by atoms with Gasteiger partial charge in [-0.05, 0) is 19.4 Å². The third-order valence-electron chi connectivity index (χ3n) is 2.47. The number of aliphatic hydroxyl groups is 1. The van der Waals surface area contributed by atoms with E-state index in [0.29, 0.717) is 13.0 Å². The smallest absolute Gasteiger partial charge is 0.328 e.